The fourth-order valence-corrected chi connectivity index (χ4v) is 3.78. The molecule has 0 spiro atoms. The second-order valence-electron chi connectivity index (χ2n) is 5.08. The van der Waals surface area contributed by atoms with Crippen LogP contribution in [-0.4, -0.2) is 5.91 Å². The highest BCUT2D eigenvalue weighted by atomic mass is 35.5. The largest absolute Gasteiger partial charge is 0.399 e. The molecule has 0 fully saturated rings. The van der Waals surface area contributed by atoms with E-state index in [0.29, 0.717) is 9.90 Å². The summed E-state index contributed by atoms with van der Waals surface area (Å²) in [6, 6.07) is 5.93. The fourth-order valence-electron chi connectivity index (χ4n) is 2.59. The van der Waals surface area contributed by atoms with E-state index in [1.54, 1.807) is 0 Å². The Balaban J connectivity index is 1.81. The number of carbonyl (C=O) groups excluding carboxylic acids is 1. The van der Waals surface area contributed by atoms with Gasteiger partial charge in [0, 0.05) is 5.69 Å². The number of thiophene rings is 1. The molecule has 1 aliphatic rings. The van der Waals surface area contributed by atoms with Gasteiger partial charge in [0.15, 0.2) is 0 Å². The number of anilines is 1. The van der Waals surface area contributed by atoms with E-state index in [0.717, 1.165) is 29.7 Å². The Bertz CT molecular complexity index is 681. The maximum absolute atomic E-state index is 12.3. The molecule has 5 heteroatoms. The standard InChI is InChI=1S/C15H15ClN2OS/c1-8-7-20-14(13(8)16)15(19)18-12-5-2-9-6-10(17)3-4-11(9)12/h3-4,6-7,12H,2,5,17H2,1H3,(H,18,19). The van der Waals surface area contributed by atoms with Crippen molar-refractivity contribution in [2.45, 2.75) is 25.8 Å². The number of amides is 1. The minimum Gasteiger partial charge on any atom is -0.399 e. The van der Waals surface area contributed by atoms with Crippen molar-refractivity contribution in [2.75, 3.05) is 5.73 Å². The highest BCUT2D eigenvalue weighted by Crippen LogP contribution is 2.33. The number of fused-ring (bicyclic) bond motifs is 1. The molecule has 1 amide bonds. The Morgan fingerprint density at radius 2 is 2.30 bits per heavy atom. The minimum atomic E-state index is -0.0947. The smallest absolute Gasteiger partial charge is 0.263 e. The number of nitrogens with two attached hydrogens (primary N) is 1. The van der Waals surface area contributed by atoms with Gasteiger partial charge in [-0.3, -0.25) is 4.79 Å². The van der Waals surface area contributed by atoms with Crippen LogP contribution in [-0.2, 0) is 6.42 Å². The van der Waals surface area contributed by atoms with Crippen LogP contribution < -0.4 is 11.1 Å². The molecule has 0 aliphatic heterocycles. The van der Waals surface area contributed by atoms with Crippen LogP contribution >= 0.6 is 22.9 Å². The van der Waals surface area contributed by atoms with Gasteiger partial charge in [0.1, 0.15) is 4.88 Å². The molecule has 1 aliphatic carbocycles. The zero-order valence-electron chi connectivity index (χ0n) is 11.1. The number of benzene rings is 1. The van der Waals surface area contributed by atoms with E-state index in [2.05, 4.69) is 5.32 Å². The maximum atomic E-state index is 12.3. The number of hydrogen-bond acceptors (Lipinski definition) is 3. The molecule has 1 aromatic heterocycles. The summed E-state index contributed by atoms with van der Waals surface area (Å²) in [7, 11) is 0. The highest BCUT2D eigenvalue weighted by molar-refractivity contribution is 7.13. The Hall–Kier alpha value is -1.52. The van der Waals surface area contributed by atoms with Gasteiger partial charge in [-0.1, -0.05) is 17.7 Å². The third-order valence-corrected chi connectivity index (χ3v) is 5.35. The predicted molar refractivity (Wildman–Crippen MR) is 83.4 cm³/mol. The number of carbonyl (C=O) groups is 1. The van der Waals surface area contributed by atoms with Crippen molar-refractivity contribution in [3.63, 3.8) is 0 Å². The molecule has 3 rings (SSSR count). The summed E-state index contributed by atoms with van der Waals surface area (Å²) in [5, 5.41) is 5.53. The molecule has 1 unspecified atom stereocenters. The Kier molecular flexibility index (Phi) is 3.44. The topological polar surface area (TPSA) is 55.1 Å². The van der Waals surface area contributed by atoms with Crippen LogP contribution in [0.3, 0.4) is 0 Å². The van der Waals surface area contributed by atoms with Gasteiger partial charge in [-0.05, 0) is 54.0 Å². The van der Waals surface area contributed by atoms with E-state index in [1.807, 2.05) is 30.5 Å². The average Bonchev–Trinajstić information content (AvgIpc) is 2.95. The van der Waals surface area contributed by atoms with E-state index < -0.39 is 0 Å². The quantitative estimate of drug-likeness (QED) is 0.831. The van der Waals surface area contributed by atoms with Gasteiger partial charge in [-0.2, -0.15) is 0 Å². The highest BCUT2D eigenvalue weighted by Gasteiger charge is 2.25. The second kappa shape index (κ2) is 5.11. The van der Waals surface area contributed by atoms with Gasteiger partial charge in [0.2, 0.25) is 0 Å². The summed E-state index contributed by atoms with van der Waals surface area (Å²) in [6.07, 6.45) is 1.86. The molecule has 1 aromatic carbocycles. The molecule has 20 heavy (non-hydrogen) atoms. The molecule has 1 atom stereocenters. The van der Waals surface area contributed by atoms with Crippen molar-refractivity contribution >= 4 is 34.5 Å². The third-order valence-electron chi connectivity index (χ3n) is 3.66. The first-order chi connectivity index (χ1) is 9.56. The van der Waals surface area contributed by atoms with E-state index in [9.17, 15) is 4.79 Å². The van der Waals surface area contributed by atoms with E-state index >= 15 is 0 Å². The van der Waals surface area contributed by atoms with Crippen LogP contribution in [0.4, 0.5) is 5.69 Å². The summed E-state index contributed by atoms with van der Waals surface area (Å²) >= 11 is 7.53. The maximum Gasteiger partial charge on any atom is 0.263 e. The summed E-state index contributed by atoms with van der Waals surface area (Å²) in [4.78, 5) is 12.9. The Morgan fingerprint density at radius 3 is 3.00 bits per heavy atom. The SMILES string of the molecule is Cc1csc(C(=O)NC2CCc3cc(N)ccc32)c1Cl. The molecule has 3 nitrogen and oxygen atoms in total. The number of hydrogen-bond donors (Lipinski definition) is 2. The molecular weight excluding hydrogens is 292 g/mol. The van der Waals surface area contributed by atoms with Gasteiger partial charge in [0.05, 0.1) is 11.1 Å². The van der Waals surface area contributed by atoms with E-state index in [-0.39, 0.29) is 11.9 Å². The lowest BCUT2D eigenvalue weighted by Gasteiger charge is -2.14. The lowest BCUT2D eigenvalue weighted by molar-refractivity contribution is 0.0941. The van der Waals surface area contributed by atoms with Crippen LogP contribution in [0.1, 0.15) is 38.8 Å². The van der Waals surface area contributed by atoms with E-state index in [4.69, 9.17) is 17.3 Å². The molecular formula is C15H15ClN2OS. The number of halogens is 1. The summed E-state index contributed by atoms with van der Waals surface area (Å²) in [5.74, 6) is -0.0947. The molecule has 0 saturated heterocycles. The van der Waals surface area contributed by atoms with Gasteiger partial charge >= 0.3 is 0 Å². The first kappa shape index (κ1) is 13.5. The van der Waals surface area contributed by atoms with Crippen molar-refractivity contribution in [1.82, 2.24) is 5.32 Å². The minimum absolute atomic E-state index is 0.0524. The van der Waals surface area contributed by atoms with Crippen LogP contribution in [0.25, 0.3) is 0 Å². The zero-order chi connectivity index (χ0) is 14.3. The predicted octanol–water partition coefficient (Wildman–Crippen LogP) is 3.71. The number of nitrogen functional groups attached to an aromatic ring is 1. The van der Waals surface area contributed by atoms with Crippen LogP contribution in [0, 0.1) is 6.92 Å². The van der Waals surface area contributed by atoms with Gasteiger partial charge < -0.3 is 11.1 Å². The number of aryl methyl sites for hydroxylation is 2. The molecule has 0 saturated carbocycles. The Labute approximate surface area is 126 Å². The van der Waals surface area contributed by atoms with Crippen molar-refractivity contribution < 1.29 is 4.79 Å². The zero-order valence-corrected chi connectivity index (χ0v) is 12.6. The van der Waals surface area contributed by atoms with Gasteiger partial charge in [0.25, 0.3) is 5.91 Å². The number of rotatable bonds is 2. The molecule has 1 heterocycles. The van der Waals surface area contributed by atoms with Crippen molar-refractivity contribution in [3.8, 4) is 0 Å². The normalized spacial score (nSPS) is 17.0. The number of nitrogens with one attached hydrogen (secondary N) is 1. The van der Waals surface area contributed by atoms with Crippen LogP contribution in [0.5, 0.6) is 0 Å². The first-order valence-corrected chi connectivity index (χ1v) is 7.75. The monoisotopic (exact) mass is 306 g/mol. The van der Waals surface area contributed by atoms with Crippen molar-refractivity contribution in [2.24, 2.45) is 0 Å². The second-order valence-corrected chi connectivity index (χ2v) is 6.34. The van der Waals surface area contributed by atoms with Crippen molar-refractivity contribution in [3.05, 3.63) is 50.2 Å². The summed E-state index contributed by atoms with van der Waals surface area (Å²) in [5.41, 5.74) is 9.89. The lowest BCUT2D eigenvalue weighted by Crippen LogP contribution is -2.26. The van der Waals surface area contributed by atoms with E-state index in [1.165, 1.54) is 16.9 Å². The summed E-state index contributed by atoms with van der Waals surface area (Å²) < 4.78 is 0. The Morgan fingerprint density at radius 1 is 1.50 bits per heavy atom. The molecule has 0 radical (unpaired) electrons. The van der Waals surface area contributed by atoms with Crippen LogP contribution in [0.15, 0.2) is 23.6 Å². The van der Waals surface area contributed by atoms with Gasteiger partial charge in [-0.15, -0.1) is 11.3 Å². The van der Waals surface area contributed by atoms with Gasteiger partial charge in [-0.25, -0.2) is 0 Å². The molecule has 0 bridgehead atoms. The van der Waals surface area contributed by atoms with Crippen LogP contribution in [0.2, 0.25) is 5.02 Å². The average molecular weight is 307 g/mol. The molecule has 104 valence electrons. The summed E-state index contributed by atoms with van der Waals surface area (Å²) in [6.45, 7) is 1.91. The molecule has 3 N–H and O–H groups in total. The molecule has 2 aromatic rings. The lowest BCUT2D eigenvalue weighted by atomic mass is 10.1. The third kappa shape index (κ3) is 2.30. The van der Waals surface area contributed by atoms with Crippen molar-refractivity contribution in [1.29, 1.82) is 0 Å². The fraction of sp³-hybridized carbons (Fsp3) is 0.267. The first-order valence-electron chi connectivity index (χ1n) is 6.49.